The van der Waals surface area contributed by atoms with Crippen LogP contribution in [0.4, 0.5) is 13.2 Å². The summed E-state index contributed by atoms with van der Waals surface area (Å²) in [7, 11) is 3.20. The minimum absolute atomic E-state index is 0.197. The van der Waals surface area contributed by atoms with Crippen LogP contribution in [0.2, 0.25) is 0 Å². The van der Waals surface area contributed by atoms with Gasteiger partial charge in [-0.15, -0.1) is 11.3 Å². The number of aromatic nitrogens is 1. The van der Waals surface area contributed by atoms with E-state index < -0.39 is 11.7 Å². The van der Waals surface area contributed by atoms with E-state index in [4.69, 9.17) is 4.74 Å². The van der Waals surface area contributed by atoms with Crippen LogP contribution in [0, 0.1) is 0 Å². The number of hydrogen-bond acceptors (Lipinski definition) is 4. The molecule has 0 aliphatic carbocycles. The van der Waals surface area contributed by atoms with Gasteiger partial charge in [-0.25, -0.2) is 4.98 Å². The molecule has 2 aromatic rings. The average molecular weight is 344 g/mol. The van der Waals surface area contributed by atoms with Crippen LogP contribution < -0.4 is 0 Å². The summed E-state index contributed by atoms with van der Waals surface area (Å²) in [6.07, 6.45) is -2.93. The number of ether oxygens (including phenoxy) is 1. The molecule has 1 aromatic heterocycles. The van der Waals surface area contributed by atoms with Crippen LogP contribution in [-0.2, 0) is 10.9 Å². The highest BCUT2D eigenvalue weighted by atomic mass is 32.1. The van der Waals surface area contributed by atoms with E-state index in [1.165, 1.54) is 23.2 Å². The van der Waals surface area contributed by atoms with Crippen molar-refractivity contribution >= 4 is 17.2 Å². The van der Waals surface area contributed by atoms with Crippen LogP contribution in [0.25, 0.3) is 10.6 Å². The van der Waals surface area contributed by atoms with Crippen molar-refractivity contribution in [2.45, 2.75) is 6.18 Å². The van der Waals surface area contributed by atoms with Crippen molar-refractivity contribution in [2.75, 3.05) is 27.3 Å². The maximum atomic E-state index is 12.5. The number of nitrogens with zero attached hydrogens (tertiary/aromatic N) is 2. The highest BCUT2D eigenvalue weighted by Gasteiger charge is 2.30. The molecule has 0 saturated heterocycles. The zero-order chi connectivity index (χ0) is 17.0. The van der Waals surface area contributed by atoms with Gasteiger partial charge < -0.3 is 9.64 Å². The number of carbonyl (C=O) groups excluding carboxylic acids is 1. The molecule has 23 heavy (non-hydrogen) atoms. The molecule has 8 heteroatoms. The number of amides is 1. The van der Waals surface area contributed by atoms with Crippen molar-refractivity contribution in [3.8, 4) is 10.6 Å². The number of rotatable bonds is 5. The number of likely N-dealkylation sites (N-methyl/N-ethyl adjacent to an activating group) is 1. The van der Waals surface area contributed by atoms with Crippen LogP contribution in [0.5, 0.6) is 0 Å². The Balaban J connectivity index is 2.14. The Labute approximate surface area is 135 Å². The quantitative estimate of drug-likeness (QED) is 0.833. The molecule has 0 bridgehead atoms. The Bertz CT molecular complexity index is 668. The van der Waals surface area contributed by atoms with Gasteiger partial charge in [0, 0.05) is 26.3 Å². The lowest BCUT2D eigenvalue weighted by molar-refractivity contribution is -0.137. The van der Waals surface area contributed by atoms with Crippen molar-refractivity contribution in [3.63, 3.8) is 0 Å². The standard InChI is InChI=1S/C15H15F3N2O2S/c1-20(7-8-22-2)14(21)12-9-19-13(23-12)10-3-5-11(6-4-10)15(16,17)18/h3-6,9H,7-8H2,1-2H3. The minimum Gasteiger partial charge on any atom is -0.383 e. The summed E-state index contributed by atoms with van der Waals surface area (Å²) < 4.78 is 42.6. The van der Waals surface area contributed by atoms with E-state index in [1.807, 2.05) is 0 Å². The number of carbonyl (C=O) groups is 1. The van der Waals surface area contributed by atoms with Gasteiger partial charge in [0.25, 0.3) is 5.91 Å². The molecule has 0 spiro atoms. The molecule has 0 aliphatic rings. The summed E-state index contributed by atoms with van der Waals surface area (Å²) in [5.41, 5.74) is -0.171. The summed E-state index contributed by atoms with van der Waals surface area (Å²) in [4.78, 5) is 18.2. The van der Waals surface area contributed by atoms with E-state index in [0.29, 0.717) is 28.6 Å². The number of hydrogen-bond donors (Lipinski definition) is 0. The highest BCUT2D eigenvalue weighted by Crippen LogP contribution is 2.32. The molecule has 0 atom stereocenters. The van der Waals surface area contributed by atoms with E-state index in [1.54, 1.807) is 14.2 Å². The third kappa shape index (κ3) is 4.29. The SMILES string of the molecule is COCCN(C)C(=O)c1cnc(-c2ccc(C(F)(F)F)cc2)s1. The Kier molecular flexibility index (Phi) is 5.38. The molecule has 1 amide bonds. The first-order chi connectivity index (χ1) is 10.8. The summed E-state index contributed by atoms with van der Waals surface area (Å²) in [6.45, 7) is 0.871. The fraction of sp³-hybridized carbons (Fsp3) is 0.333. The summed E-state index contributed by atoms with van der Waals surface area (Å²) >= 11 is 1.14. The number of benzene rings is 1. The number of halogens is 3. The van der Waals surface area contributed by atoms with Gasteiger partial charge in [0.1, 0.15) is 9.88 Å². The second-order valence-electron chi connectivity index (χ2n) is 4.82. The van der Waals surface area contributed by atoms with Gasteiger partial charge in [-0.3, -0.25) is 4.79 Å². The number of methoxy groups -OCH3 is 1. The molecule has 4 nitrogen and oxygen atoms in total. The first-order valence-corrected chi connectivity index (χ1v) is 7.52. The van der Waals surface area contributed by atoms with Gasteiger partial charge in [-0.05, 0) is 12.1 Å². The molecule has 1 aromatic carbocycles. The van der Waals surface area contributed by atoms with Gasteiger partial charge >= 0.3 is 6.18 Å². The van der Waals surface area contributed by atoms with Gasteiger partial charge in [0.05, 0.1) is 18.4 Å². The van der Waals surface area contributed by atoms with Gasteiger partial charge in [0.15, 0.2) is 0 Å². The molecule has 1 heterocycles. The first-order valence-electron chi connectivity index (χ1n) is 6.71. The monoisotopic (exact) mass is 344 g/mol. The molecular weight excluding hydrogens is 329 g/mol. The molecule has 124 valence electrons. The van der Waals surface area contributed by atoms with Crippen LogP contribution in [0.3, 0.4) is 0 Å². The third-order valence-corrected chi connectivity index (χ3v) is 4.19. The van der Waals surface area contributed by atoms with Crippen molar-refractivity contribution in [1.82, 2.24) is 9.88 Å². The van der Waals surface area contributed by atoms with Crippen molar-refractivity contribution < 1.29 is 22.7 Å². The molecule has 0 unspecified atom stereocenters. The number of thiazole rings is 1. The van der Waals surface area contributed by atoms with Gasteiger partial charge in [-0.2, -0.15) is 13.2 Å². The Morgan fingerprint density at radius 2 is 1.96 bits per heavy atom. The topological polar surface area (TPSA) is 42.4 Å². The van der Waals surface area contributed by atoms with Crippen LogP contribution in [0.15, 0.2) is 30.5 Å². The van der Waals surface area contributed by atoms with Crippen molar-refractivity contribution in [2.24, 2.45) is 0 Å². The van der Waals surface area contributed by atoms with E-state index in [-0.39, 0.29) is 5.91 Å². The normalized spacial score (nSPS) is 11.5. The fourth-order valence-corrected chi connectivity index (χ4v) is 2.74. The van der Waals surface area contributed by atoms with E-state index in [2.05, 4.69) is 4.98 Å². The van der Waals surface area contributed by atoms with Crippen LogP contribution in [0.1, 0.15) is 15.2 Å². The van der Waals surface area contributed by atoms with Gasteiger partial charge in [-0.1, -0.05) is 12.1 Å². The Hall–Kier alpha value is -1.93. The largest absolute Gasteiger partial charge is 0.416 e. The summed E-state index contributed by atoms with van der Waals surface area (Å²) in [6, 6.07) is 4.71. The number of alkyl halides is 3. The smallest absolute Gasteiger partial charge is 0.383 e. The molecule has 0 N–H and O–H groups in total. The lowest BCUT2D eigenvalue weighted by Crippen LogP contribution is -2.29. The molecular formula is C15H15F3N2O2S. The lowest BCUT2D eigenvalue weighted by Gasteiger charge is -2.14. The van der Waals surface area contributed by atoms with Gasteiger partial charge in [0.2, 0.25) is 0 Å². The molecule has 0 saturated carbocycles. The van der Waals surface area contributed by atoms with Crippen molar-refractivity contribution in [3.05, 3.63) is 40.9 Å². The summed E-state index contributed by atoms with van der Waals surface area (Å²) in [5.74, 6) is -0.197. The molecule has 0 radical (unpaired) electrons. The van der Waals surface area contributed by atoms with E-state index in [0.717, 1.165) is 23.5 Å². The molecule has 2 rings (SSSR count). The lowest BCUT2D eigenvalue weighted by atomic mass is 10.1. The third-order valence-electron chi connectivity index (χ3n) is 3.15. The zero-order valence-corrected chi connectivity index (χ0v) is 13.4. The maximum Gasteiger partial charge on any atom is 0.416 e. The Morgan fingerprint density at radius 1 is 1.30 bits per heavy atom. The first kappa shape index (κ1) is 17.4. The molecule has 0 fully saturated rings. The fourth-order valence-electron chi connectivity index (χ4n) is 1.83. The van der Waals surface area contributed by atoms with Crippen molar-refractivity contribution in [1.29, 1.82) is 0 Å². The second kappa shape index (κ2) is 7.10. The minimum atomic E-state index is -4.37. The predicted octanol–water partition coefficient (Wildman–Crippen LogP) is 3.55. The van der Waals surface area contributed by atoms with E-state index in [9.17, 15) is 18.0 Å². The second-order valence-corrected chi connectivity index (χ2v) is 5.85. The van der Waals surface area contributed by atoms with Crippen LogP contribution >= 0.6 is 11.3 Å². The predicted molar refractivity (Wildman–Crippen MR) is 81.4 cm³/mol. The van der Waals surface area contributed by atoms with E-state index >= 15 is 0 Å². The zero-order valence-electron chi connectivity index (χ0n) is 12.6. The summed E-state index contributed by atoms with van der Waals surface area (Å²) in [5, 5.41) is 0.502. The average Bonchev–Trinajstić information content (AvgIpc) is 3.01. The highest BCUT2D eigenvalue weighted by molar-refractivity contribution is 7.16. The maximum absolute atomic E-state index is 12.5. The Morgan fingerprint density at radius 3 is 2.52 bits per heavy atom. The molecule has 0 aliphatic heterocycles. The van der Waals surface area contributed by atoms with Crippen LogP contribution in [-0.4, -0.2) is 43.1 Å².